The lowest BCUT2D eigenvalue weighted by Crippen LogP contribution is -2.07. The van der Waals surface area contributed by atoms with Gasteiger partial charge in [-0.2, -0.15) is 5.10 Å². The monoisotopic (exact) mass is 245 g/mol. The first-order valence-corrected chi connectivity index (χ1v) is 6.03. The van der Waals surface area contributed by atoms with E-state index in [9.17, 15) is 5.11 Å². The highest BCUT2D eigenvalue weighted by Gasteiger charge is 2.12. The Morgan fingerprint density at radius 2 is 2.06 bits per heavy atom. The van der Waals surface area contributed by atoms with E-state index in [1.54, 1.807) is 10.7 Å². The Balaban J connectivity index is 2.24. The zero-order valence-electron chi connectivity index (χ0n) is 11.2. The fourth-order valence-electron chi connectivity index (χ4n) is 2.07. The Morgan fingerprint density at radius 3 is 2.67 bits per heavy atom. The normalized spacial score (nSPS) is 12.4. The maximum absolute atomic E-state index is 9.90. The second kappa shape index (κ2) is 4.72. The van der Waals surface area contributed by atoms with Crippen LogP contribution in [-0.2, 0) is 7.05 Å². The van der Waals surface area contributed by atoms with Crippen LogP contribution < -0.4 is 5.32 Å². The molecule has 0 bridgehead atoms. The third-order valence-corrected chi connectivity index (χ3v) is 3.04. The molecule has 0 fully saturated rings. The molecule has 0 aliphatic carbocycles. The second-order valence-electron chi connectivity index (χ2n) is 4.73. The maximum Gasteiger partial charge on any atom is 0.120 e. The fourth-order valence-corrected chi connectivity index (χ4v) is 2.07. The summed E-state index contributed by atoms with van der Waals surface area (Å²) < 4.78 is 1.78. The van der Waals surface area contributed by atoms with E-state index in [0.717, 1.165) is 22.5 Å². The third kappa shape index (κ3) is 2.47. The molecule has 0 aliphatic heterocycles. The average Bonchev–Trinajstić information content (AvgIpc) is 2.61. The largest absolute Gasteiger partial charge is 0.508 e. The summed E-state index contributed by atoms with van der Waals surface area (Å²) in [6, 6.07) is 5.67. The Morgan fingerprint density at radius 1 is 1.33 bits per heavy atom. The van der Waals surface area contributed by atoms with Crippen molar-refractivity contribution in [2.45, 2.75) is 26.8 Å². The number of hydrogen-bond acceptors (Lipinski definition) is 3. The van der Waals surface area contributed by atoms with Gasteiger partial charge in [0.15, 0.2) is 0 Å². The van der Waals surface area contributed by atoms with E-state index in [0.29, 0.717) is 5.75 Å². The predicted octanol–water partition coefficient (Wildman–Crippen LogP) is 2.92. The summed E-state index contributed by atoms with van der Waals surface area (Å²) in [5.74, 6) is 0.321. The first kappa shape index (κ1) is 12.5. The van der Waals surface area contributed by atoms with E-state index < -0.39 is 0 Å². The number of phenolic OH excluding ortho intramolecular Hbond substituents is 1. The summed E-state index contributed by atoms with van der Waals surface area (Å²) in [5.41, 5.74) is 3.99. The highest BCUT2D eigenvalue weighted by Crippen LogP contribution is 2.28. The number of benzene rings is 1. The van der Waals surface area contributed by atoms with E-state index in [4.69, 9.17) is 0 Å². The first-order chi connectivity index (χ1) is 8.47. The number of phenols is 1. The molecule has 1 aromatic carbocycles. The van der Waals surface area contributed by atoms with E-state index in [-0.39, 0.29) is 6.04 Å². The molecular weight excluding hydrogens is 226 g/mol. The van der Waals surface area contributed by atoms with E-state index >= 15 is 0 Å². The van der Waals surface area contributed by atoms with Gasteiger partial charge in [-0.1, -0.05) is 17.7 Å². The Bertz CT molecular complexity index is 560. The number of hydrogen-bond donors (Lipinski definition) is 2. The summed E-state index contributed by atoms with van der Waals surface area (Å²) in [6.07, 6.45) is 1.94. The van der Waals surface area contributed by atoms with Gasteiger partial charge in [-0.25, -0.2) is 0 Å². The quantitative estimate of drug-likeness (QED) is 0.874. The number of anilines is 1. The molecule has 4 nitrogen and oxygen atoms in total. The van der Waals surface area contributed by atoms with Gasteiger partial charge in [0.05, 0.1) is 17.4 Å². The van der Waals surface area contributed by atoms with Gasteiger partial charge in [0, 0.05) is 18.8 Å². The van der Waals surface area contributed by atoms with E-state index in [1.807, 2.05) is 46.1 Å². The maximum atomic E-state index is 9.90. The van der Waals surface area contributed by atoms with Crippen LogP contribution in [0.5, 0.6) is 5.75 Å². The van der Waals surface area contributed by atoms with Gasteiger partial charge in [0.1, 0.15) is 5.75 Å². The van der Waals surface area contributed by atoms with Gasteiger partial charge in [-0.3, -0.25) is 4.68 Å². The number of rotatable bonds is 3. The molecule has 2 aromatic rings. The first-order valence-electron chi connectivity index (χ1n) is 6.03. The minimum absolute atomic E-state index is 0.0350. The number of aryl methyl sites for hydroxylation is 3. The average molecular weight is 245 g/mol. The highest BCUT2D eigenvalue weighted by molar-refractivity contribution is 5.49. The SMILES string of the molecule is Cc1ccc(O)c(C(C)Nc2cn(C)nc2C)c1. The molecule has 4 heteroatoms. The van der Waals surface area contributed by atoms with Gasteiger partial charge in [0.2, 0.25) is 0 Å². The van der Waals surface area contributed by atoms with E-state index in [2.05, 4.69) is 10.4 Å². The van der Waals surface area contributed by atoms with Crippen molar-refractivity contribution in [3.05, 3.63) is 41.2 Å². The van der Waals surface area contributed by atoms with Crippen LogP contribution in [0.25, 0.3) is 0 Å². The lowest BCUT2D eigenvalue weighted by Gasteiger charge is -2.16. The Kier molecular flexibility index (Phi) is 3.28. The molecule has 0 radical (unpaired) electrons. The summed E-state index contributed by atoms with van der Waals surface area (Å²) in [7, 11) is 1.90. The van der Waals surface area contributed by atoms with Gasteiger partial charge >= 0.3 is 0 Å². The molecule has 0 amide bonds. The molecule has 18 heavy (non-hydrogen) atoms. The lowest BCUT2D eigenvalue weighted by atomic mass is 10.0. The van der Waals surface area contributed by atoms with Gasteiger partial charge in [-0.15, -0.1) is 0 Å². The molecule has 0 spiro atoms. The third-order valence-electron chi connectivity index (χ3n) is 3.04. The van der Waals surface area contributed by atoms with Crippen molar-refractivity contribution in [3.8, 4) is 5.75 Å². The molecule has 0 aliphatic rings. The molecule has 1 heterocycles. The standard InChI is InChI=1S/C14H19N3O/c1-9-5-6-14(18)12(7-9)10(2)15-13-8-17(4)16-11(13)3/h5-8,10,15,18H,1-4H3. The number of aromatic hydroxyl groups is 1. The Hall–Kier alpha value is -1.97. The van der Waals surface area contributed by atoms with Crippen molar-refractivity contribution in [1.82, 2.24) is 9.78 Å². The molecule has 96 valence electrons. The van der Waals surface area contributed by atoms with Crippen molar-refractivity contribution >= 4 is 5.69 Å². The molecule has 0 saturated heterocycles. The van der Waals surface area contributed by atoms with Crippen LogP contribution in [0.1, 0.15) is 29.8 Å². The van der Waals surface area contributed by atoms with Crippen molar-refractivity contribution in [1.29, 1.82) is 0 Å². The zero-order valence-corrected chi connectivity index (χ0v) is 11.2. The fraction of sp³-hybridized carbons (Fsp3) is 0.357. The van der Waals surface area contributed by atoms with Crippen molar-refractivity contribution in [2.24, 2.45) is 7.05 Å². The summed E-state index contributed by atoms with van der Waals surface area (Å²) in [6.45, 7) is 6.01. The van der Waals surface area contributed by atoms with Gasteiger partial charge in [-0.05, 0) is 26.8 Å². The molecule has 1 atom stereocenters. The van der Waals surface area contributed by atoms with Crippen molar-refractivity contribution in [3.63, 3.8) is 0 Å². The molecule has 1 aromatic heterocycles. The van der Waals surface area contributed by atoms with Gasteiger partial charge in [0.25, 0.3) is 0 Å². The number of nitrogens with one attached hydrogen (secondary N) is 1. The summed E-state index contributed by atoms with van der Waals surface area (Å²) in [5, 5.41) is 17.6. The molecular formula is C14H19N3O. The Labute approximate surface area is 107 Å². The number of nitrogens with zero attached hydrogens (tertiary/aromatic N) is 2. The molecule has 2 rings (SSSR count). The minimum Gasteiger partial charge on any atom is -0.508 e. The van der Waals surface area contributed by atoms with Gasteiger partial charge < -0.3 is 10.4 Å². The molecule has 2 N–H and O–H groups in total. The lowest BCUT2D eigenvalue weighted by molar-refractivity contribution is 0.465. The zero-order chi connectivity index (χ0) is 13.3. The summed E-state index contributed by atoms with van der Waals surface area (Å²) in [4.78, 5) is 0. The number of aromatic nitrogens is 2. The smallest absolute Gasteiger partial charge is 0.120 e. The second-order valence-corrected chi connectivity index (χ2v) is 4.73. The van der Waals surface area contributed by atoms with Crippen LogP contribution in [0.3, 0.4) is 0 Å². The van der Waals surface area contributed by atoms with Crippen LogP contribution in [0.2, 0.25) is 0 Å². The van der Waals surface area contributed by atoms with Crippen LogP contribution in [0, 0.1) is 13.8 Å². The van der Waals surface area contributed by atoms with Crippen LogP contribution in [0.15, 0.2) is 24.4 Å². The van der Waals surface area contributed by atoms with E-state index in [1.165, 1.54) is 0 Å². The molecule has 1 unspecified atom stereocenters. The highest BCUT2D eigenvalue weighted by atomic mass is 16.3. The van der Waals surface area contributed by atoms with Crippen molar-refractivity contribution < 1.29 is 5.11 Å². The predicted molar refractivity (Wildman–Crippen MR) is 72.8 cm³/mol. The van der Waals surface area contributed by atoms with Crippen LogP contribution in [-0.4, -0.2) is 14.9 Å². The molecule has 0 saturated carbocycles. The topological polar surface area (TPSA) is 50.1 Å². The summed E-state index contributed by atoms with van der Waals surface area (Å²) >= 11 is 0. The van der Waals surface area contributed by atoms with Crippen LogP contribution >= 0.6 is 0 Å². The van der Waals surface area contributed by atoms with Crippen molar-refractivity contribution in [2.75, 3.05) is 5.32 Å². The van der Waals surface area contributed by atoms with Crippen LogP contribution in [0.4, 0.5) is 5.69 Å². The minimum atomic E-state index is 0.0350.